The van der Waals surface area contributed by atoms with Crippen molar-refractivity contribution >= 4 is 11.6 Å². The van der Waals surface area contributed by atoms with Gasteiger partial charge in [-0.25, -0.2) is 0 Å². The molecule has 0 spiro atoms. The first-order valence-electron chi connectivity index (χ1n) is 13.5. The molecule has 0 unspecified atom stereocenters. The summed E-state index contributed by atoms with van der Waals surface area (Å²) < 4.78 is 47.4. The Morgan fingerprint density at radius 1 is 1.15 bits per heavy atom. The molecule has 1 aromatic carbocycles. The minimum absolute atomic E-state index is 0.0395. The van der Waals surface area contributed by atoms with Gasteiger partial charge in [-0.05, 0) is 61.9 Å². The number of rotatable bonds is 6. The van der Waals surface area contributed by atoms with E-state index in [0.717, 1.165) is 29.1 Å². The Kier molecular flexibility index (Phi) is 7.81. The van der Waals surface area contributed by atoms with Crippen LogP contribution in [0, 0.1) is 11.3 Å². The lowest BCUT2D eigenvalue weighted by Crippen LogP contribution is -2.56. The van der Waals surface area contributed by atoms with Gasteiger partial charge in [-0.1, -0.05) is 6.07 Å². The van der Waals surface area contributed by atoms with E-state index in [9.17, 15) is 23.2 Å². The quantitative estimate of drug-likeness (QED) is 0.486. The molecule has 2 aromatic heterocycles. The lowest BCUT2D eigenvalue weighted by Gasteiger charge is -2.42. The molecule has 0 saturated carbocycles. The van der Waals surface area contributed by atoms with Crippen molar-refractivity contribution in [2.45, 2.75) is 36.6 Å². The summed E-state index contributed by atoms with van der Waals surface area (Å²) in [5.41, 5.74) is 1.14. The summed E-state index contributed by atoms with van der Waals surface area (Å²) in [6, 6.07) is 12.7. The average Bonchev–Trinajstić information content (AvgIpc) is 3.56. The van der Waals surface area contributed by atoms with E-state index in [1.54, 1.807) is 13.3 Å². The number of carbonyl (C=O) groups is 1. The molecule has 2 atom stereocenters. The third-order valence-corrected chi connectivity index (χ3v) is 8.43. The molecule has 11 heteroatoms. The van der Waals surface area contributed by atoms with Crippen LogP contribution in [0.1, 0.15) is 29.5 Å². The Morgan fingerprint density at radius 2 is 1.90 bits per heavy atom. The van der Waals surface area contributed by atoms with Crippen molar-refractivity contribution in [2.24, 2.45) is 7.05 Å². The van der Waals surface area contributed by atoms with Gasteiger partial charge in [-0.15, -0.1) is 0 Å². The first-order valence-corrected chi connectivity index (χ1v) is 13.5. The van der Waals surface area contributed by atoms with Gasteiger partial charge in [-0.3, -0.25) is 9.78 Å². The zero-order valence-electron chi connectivity index (χ0n) is 23.3. The number of likely N-dealkylation sites (tertiary alicyclic amines) is 1. The molecule has 0 bridgehead atoms. The molecule has 0 aliphatic carbocycles. The van der Waals surface area contributed by atoms with Gasteiger partial charge in [0.25, 0.3) is 0 Å². The Balaban J connectivity index is 1.44. The number of hydrogen-bond donors (Lipinski definition) is 1. The Labute approximate surface area is 237 Å². The highest BCUT2D eigenvalue weighted by molar-refractivity contribution is 5.89. The molecule has 41 heavy (non-hydrogen) atoms. The van der Waals surface area contributed by atoms with Crippen molar-refractivity contribution in [3.63, 3.8) is 0 Å². The van der Waals surface area contributed by atoms with Gasteiger partial charge in [0.2, 0.25) is 5.91 Å². The number of nitriles is 1. The maximum Gasteiger partial charge on any atom is 0.416 e. The number of aryl methyl sites for hydroxylation is 1. The molecule has 8 nitrogen and oxygen atoms in total. The molecule has 1 amide bonds. The summed E-state index contributed by atoms with van der Waals surface area (Å²) in [5.74, 6) is -0.124. The number of halogens is 3. The number of piperidine rings is 1. The minimum atomic E-state index is -4.54. The van der Waals surface area contributed by atoms with Gasteiger partial charge >= 0.3 is 6.18 Å². The number of aromatic nitrogens is 2. The highest BCUT2D eigenvalue weighted by Crippen LogP contribution is 2.40. The monoisotopic (exact) mass is 566 g/mol. The van der Waals surface area contributed by atoms with Crippen molar-refractivity contribution in [1.82, 2.24) is 19.8 Å². The van der Waals surface area contributed by atoms with Crippen LogP contribution >= 0.6 is 0 Å². The van der Waals surface area contributed by atoms with Crippen LogP contribution in [0.3, 0.4) is 0 Å². The Morgan fingerprint density at radius 3 is 2.49 bits per heavy atom. The van der Waals surface area contributed by atoms with Crippen molar-refractivity contribution in [3.05, 3.63) is 71.5 Å². The number of ether oxygens (including phenoxy) is 1. The summed E-state index contributed by atoms with van der Waals surface area (Å²) in [7, 11) is 5.56. The van der Waals surface area contributed by atoms with E-state index in [1.165, 1.54) is 6.07 Å². The summed E-state index contributed by atoms with van der Waals surface area (Å²) in [6.45, 7) is 2.13. The first-order chi connectivity index (χ1) is 19.6. The molecule has 1 N–H and O–H groups in total. The SMILES string of the molecule is CO[C@@H]1CN(C)C[C@@H]1NC(=O)C1(c2ccc(-c3cccn3C)nc2)CCN(c2ccc(C(F)(F)F)cc2C#N)CC1. The lowest BCUT2D eigenvalue weighted by molar-refractivity contribution is -0.137. The molecule has 2 aliphatic heterocycles. The van der Waals surface area contributed by atoms with Crippen molar-refractivity contribution in [3.8, 4) is 17.5 Å². The Hall–Kier alpha value is -3.88. The molecule has 5 rings (SSSR count). The third kappa shape index (κ3) is 5.54. The predicted octanol–water partition coefficient (Wildman–Crippen LogP) is 3.96. The van der Waals surface area contributed by atoms with Crippen LogP contribution in [0.25, 0.3) is 11.4 Å². The van der Waals surface area contributed by atoms with E-state index in [2.05, 4.69) is 10.2 Å². The fourth-order valence-corrected chi connectivity index (χ4v) is 6.06. The number of carbonyl (C=O) groups excluding carboxylic acids is 1. The van der Waals surface area contributed by atoms with E-state index in [4.69, 9.17) is 9.72 Å². The number of alkyl halides is 3. The summed E-state index contributed by atoms with van der Waals surface area (Å²) in [6.07, 6.45) is -0.176. The highest BCUT2D eigenvalue weighted by Gasteiger charge is 2.46. The van der Waals surface area contributed by atoms with Gasteiger partial charge in [0.15, 0.2) is 0 Å². The second-order valence-corrected chi connectivity index (χ2v) is 10.9. The average molecular weight is 567 g/mol. The van der Waals surface area contributed by atoms with Crippen LogP contribution < -0.4 is 10.2 Å². The topological polar surface area (TPSA) is 86.4 Å². The number of hydrogen-bond acceptors (Lipinski definition) is 6. The van der Waals surface area contributed by atoms with Crippen LogP contribution in [-0.2, 0) is 28.2 Å². The second kappa shape index (κ2) is 11.2. The maximum atomic E-state index is 14.1. The minimum Gasteiger partial charge on any atom is -0.378 e. The van der Waals surface area contributed by atoms with Crippen molar-refractivity contribution < 1.29 is 22.7 Å². The molecule has 2 saturated heterocycles. The number of nitrogens with one attached hydrogen (secondary N) is 1. The van der Waals surface area contributed by atoms with Crippen molar-refractivity contribution in [1.29, 1.82) is 5.26 Å². The normalized spacial score (nSPS) is 21.0. The fraction of sp³-hybridized carbons (Fsp3) is 0.433. The first kappa shape index (κ1) is 28.6. The van der Waals surface area contributed by atoms with Gasteiger partial charge in [-0.2, -0.15) is 18.4 Å². The van der Waals surface area contributed by atoms with Crippen LogP contribution in [0.2, 0.25) is 0 Å². The van der Waals surface area contributed by atoms with Crippen LogP contribution in [0.15, 0.2) is 54.9 Å². The number of likely N-dealkylation sites (N-methyl/N-ethyl adjacent to an activating group) is 1. The number of methoxy groups -OCH3 is 1. The molecular formula is C30H33F3N6O2. The van der Waals surface area contributed by atoms with E-state index in [1.807, 2.05) is 60.1 Å². The van der Waals surface area contributed by atoms with Gasteiger partial charge in [0.1, 0.15) is 6.07 Å². The number of amides is 1. The summed E-state index contributed by atoms with van der Waals surface area (Å²) >= 11 is 0. The molecule has 216 valence electrons. The number of nitrogens with zero attached hydrogens (tertiary/aromatic N) is 5. The van der Waals surface area contributed by atoms with Crippen LogP contribution in [-0.4, -0.2) is 72.8 Å². The van der Waals surface area contributed by atoms with Crippen molar-refractivity contribution in [2.75, 3.05) is 45.2 Å². The standard InChI is InChI=1S/C30H33F3N6O2/c1-37-18-24(27(19-37)41-3)36-28(40)29(22-6-8-23(35-17-22)26-5-4-12-38(26)2)10-13-39(14-11-29)25-9-7-21(30(31,32)33)15-20(25)16-34/h4-9,12,15,17,24,27H,10-11,13-14,18-19H2,1-3H3,(H,36,40)/t24-,27+/m0/s1. The molecule has 4 heterocycles. The van der Waals surface area contributed by atoms with Gasteiger partial charge in [0, 0.05) is 52.7 Å². The molecule has 0 radical (unpaired) electrons. The lowest BCUT2D eigenvalue weighted by atomic mass is 9.72. The number of pyridine rings is 1. The molecule has 3 aromatic rings. The molecular weight excluding hydrogens is 533 g/mol. The highest BCUT2D eigenvalue weighted by atomic mass is 19.4. The van der Waals surface area contributed by atoms with Gasteiger partial charge < -0.3 is 24.4 Å². The summed E-state index contributed by atoms with van der Waals surface area (Å²) in [5, 5.41) is 12.9. The molecule has 2 aliphatic rings. The summed E-state index contributed by atoms with van der Waals surface area (Å²) in [4.78, 5) is 22.8. The smallest absolute Gasteiger partial charge is 0.378 e. The second-order valence-electron chi connectivity index (χ2n) is 10.9. The Bertz CT molecular complexity index is 1440. The van der Waals surface area contributed by atoms with Gasteiger partial charge in [0.05, 0.1) is 45.8 Å². The fourth-order valence-electron chi connectivity index (χ4n) is 6.06. The predicted molar refractivity (Wildman–Crippen MR) is 148 cm³/mol. The molecule has 2 fully saturated rings. The van der Waals surface area contributed by atoms with E-state index in [0.29, 0.717) is 44.7 Å². The third-order valence-electron chi connectivity index (χ3n) is 8.43. The van der Waals surface area contributed by atoms with E-state index in [-0.39, 0.29) is 23.6 Å². The van der Waals surface area contributed by atoms with Crippen LogP contribution in [0.4, 0.5) is 18.9 Å². The largest absolute Gasteiger partial charge is 0.416 e. The zero-order chi connectivity index (χ0) is 29.4. The zero-order valence-corrected chi connectivity index (χ0v) is 23.3. The van der Waals surface area contributed by atoms with E-state index < -0.39 is 17.2 Å². The number of benzene rings is 1. The number of anilines is 1. The van der Waals surface area contributed by atoms with Crippen LogP contribution in [0.5, 0.6) is 0 Å². The maximum absolute atomic E-state index is 14.1. The van der Waals surface area contributed by atoms with E-state index >= 15 is 0 Å².